The average Bonchev–Trinajstić information content (AvgIpc) is 2.96. The zero-order valence-corrected chi connectivity index (χ0v) is 12.5. The fourth-order valence-electron chi connectivity index (χ4n) is 2.33. The van der Waals surface area contributed by atoms with Gasteiger partial charge in [-0.2, -0.15) is 0 Å². The van der Waals surface area contributed by atoms with Crippen LogP contribution < -0.4 is 5.32 Å². The summed E-state index contributed by atoms with van der Waals surface area (Å²) < 4.78 is 1.85. The van der Waals surface area contributed by atoms with Gasteiger partial charge in [0.2, 0.25) is 0 Å². The van der Waals surface area contributed by atoms with E-state index < -0.39 is 0 Å². The van der Waals surface area contributed by atoms with Crippen LogP contribution in [-0.4, -0.2) is 27.4 Å². The van der Waals surface area contributed by atoms with Gasteiger partial charge in [-0.25, -0.2) is 4.68 Å². The van der Waals surface area contributed by atoms with Gasteiger partial charge in [0.1, 0.15) is 5.52 Å². The van der Waals surface area contributed by atoms with Crippen LogP contribution in [0.1, 0.15) is 29.3 Å². The third kappa shape index (κ3) is 2.98. The van der Waals surface area contributed by atoms with E-state index in [0.29, 0.717) is 18.7 Å². The van der Waals surface area contributed by atoms with Crippen molar-refractivity contribution < 1.29 is 4.79 Å². The molecular formula is C17H18N4O. The highest BCUT2D eigenvalue weighted by Gasteiger charge is 2.10. The molecule has 3 aromatic rings. The summed E-state index contributed by atoms with van der Waals surface area (Å²) in [6, 6.07) is 15.6. The molecule has 22 heavy (non-hydrogen) atoms. The minimum atomic E-state index is -0.0682. The van der Waals surface area contributed by atoms with E-state index in [-0.39, 0.29) is 5.91 Å². The number of rotatable bonds is 5. The van der Waals surface area contributed by atoms with Crippen molar-refractivity contribution in [3.63, 3.8) is 0 Å². The standard InChI is InChI=1S/C17H18N4O/c1-2-10-18-17(22)14-8-9-16-15(11-14)19-20-21(16)12-13-6-4-3-5-7-13/h3-9,11H,2,10,12H2,1H3,(H,18,22). The quantitative estimate of drug-likeness (QED) is 0.787. The Bertz CT molecular complexity index is 780. The van der Waals surface area contributed by atoms with Crippen LogP contribution in [0.5, 0.6) is 0 Å². The van der Waals surface area contributed by atoms with Gasteiger partial charge in [0.15, 0.2) is 0 Å². The highest BCUT2D eigenvalue weighted by molar-refractivity contribution is 5.97. The summed E-state index contributed by atoms with van der Waals surface area (Å²) in [4.78, 5) is 12.0. The predicted octanol–water partition coefficient (Wildman–Crippen LogP) is 2.62. The number of carbonyl (C=O) groups excluding carboxylic acids is 1. The van der Waals surface area contributed by atoms with Crippen LogP contribution in [0.2, 0.25) is 0 Å². The van der Waals surface area contributed by atoms with E-state index >= 15 is 0 Å². The first kappa shape index (κ1) is 14.3. The molecule has 0 aliphatic rings. The van der Waals surface area contributed by atoms with Crippen LogP contribution in [0.4, 0.5) is 0 Å². The number of carbonyl (C=O) groups is 1. The first-order chi connectivity index (χ1) is 10.8. The Morgan fingerprint density at radius 3 is 2.77 bits per heavy atom. The molecule has 1 heterocycles. The second kappa shape index (κ2) is 6.39. The third-order valence-electron chi connectivity index (χ3n) is 3.49. The van der Waals surface area contributed by atoms with Crippen molar-refractivity contribution in [3.05, 3.63) is 59.7 Å². The Balaban J connectivity index is 1.85. The number of hydrogen-bond donors (Lipinski definition) is 1. The van der Waals surface area contributed by atoms with Crippen LogP contribution in [0, 0.1) is 0 Å². The zero-order chi connectivity index (χ0) is 15.4. The number of fused-ring (bicyclic) bond motifs is 1. The second-order valence-corrected chi connectivity index (χ2v) is 5.19. The molecular weight excluding hydrogens is 276 g/mol. The summed E-state index contributed by atoms with van der Waals surface area (Å²) in [5.74, 6) is -0.0682. The van der Waals surface area contributed by atoms with Crippen LogP contribution in [0.25, 0.3) is 11.0 Å². The van der Waals surface area contributed by atoms with Crippen molar-refractivity contribution in [1.82, 2.24) is 20.3 Å². The average molecular weight is 294 g/mol. The molecule has 5 heteroatoms. The van der Waals surface area contributed by atoms with Crippen LogP contribution in [0.15, 0.2) is 48.5 Å². The van der Waals surface area contributed by atoms with E-state index in [9.17, 15) is 4.79 Å². The number of nitrogens with zero attached hydrogens (tertiary/aromatic N) is 3. The maximum absolute atomic E-state index is 12.0. The molecule has 5 nitrogen and oxygen atoms in total. The first-order valence-corrected chi connectivity index (χ1v) is 7.43. The molecule has 0 atom stereocenters. The minimum Gasteiger partial charge on any atom is -0.352 e. The molecule has 0 bridgehead atoms. The summed E-state index contributed by atoms with van der Waals surface area (Å²) >= 11 is 0. The largest absolute Gasteiger partial charge is 0.352 e. The number of aromatic nitrogens is 3. The van der Waals surface area contributed by atoms with Crippen LogP contribution in [0.3, 0.4) is 0 Å². The van der Waals surface area contributed by atoms with Gasteiger partial charge < -0.3 is 5.32 Å². The van der Waals surface area contributed by atoms with E-state index in [1.54, 1.807) is 6.07 Å². The van der Waals surface area contributed by atoms with E-state index in [0.717, 1.165) is 17.5 Å². The van der Waals surface area contributed by atoms with Gasteiger partial charge in [-0.3, -0.25) is 4.79 Å². The fourth-order valence-corrected chi connectivity index (χ4v) is 2.33. The third-order valence-corrected chi connectivity index (χ3v) is 3.49. The molecule has 3 rings (SSSR count). The topological polar surface area (TPSA) is 59.8 Å². The molecule has 112 valence electrons. The summed E-state index contributed by atoms with van der Waals surface area (Å²) in [5.41, 5.74) is 3.45. The smallest absolute Gasteiger partial charge is 0.251 e. The maximum atomic E-state index is 12.0. The molecule has 0 saturated heterocycles. The molecule has 1 amide bonds. The van der Waals surface area contributed by atoms with E-state index in [4.69, 9.17) is 0 Å². The van der Waals surface area contributed by atoms with Crippen molar-refractivity contribution in [2.24, 2.45) is 0 Å². The molecule has 0 fully saturated rings. The lowest BCUT2D eigenvalue weighted by atomic mass is 10.1. The molecule has 0 radical (unpaired) electrons. The van der Waals surface area contributed by atoms with E-state index in [2.05, 4.69) is 27.8 Å². The summed E-state index contributed by atoms with van der Waals surface area (Å²) in [5, 5.41) is 11.2. The maximum Gasteiger partial charge on any atom is 0.251 e. The molecule has 0 spiro atoms. The van der Waals surface area contributed by atoms with Gasteiger partial charge in [0, 0.05) is 12.1 Å². The lowest BCUT2D eigenvalue weighted by Crippen LogP contribution is -2.23. The minimum absolute atomic E-state index is 0.0682. The summed E-state index contributed by atoms with van der Waals surface area (Å²) in [6.07, 6.45) is 0.918. The Morgan fingerprint density at radius 1 is 1.18 bits per heavy atom. The SMILES string of the molecule is CCCNC(=O)c1ccc2c(c1)nnn2Cc1ccccc1. The van der Waals surface area contributed by atoms with Gasteiger partial charge in [0.25, 0.3) is 5.91 Å². The zero-order valence-electron chi connectivity index (χ0n) is 12.5. The van der Waals surface area contributed by atoms with Gasteiger partial charge in [-0.1, -0.05) is 42.5 Å². The predicted molar refractivity (Wildman–Crippen MR) is 85.7 cm³/mol. The van der Waals surface area contributed by atoms with Crippen LogP contribution >= 0.6 is 0 Å². The lowest BCUT2D eigenvalue weighted by Gasteiger charge is -2.04. The lowest BCUT2D eigenvalue weighted by molar-refractivity contribution is 0.0954. The molecule has 0 unspecified atom stereocenters. The van der Waals surface area contributed by atoms with Crippen molar-refractivity contribution in [1.29, 1.82) is 0 Å². The molecule has 0 aliphatic carbocycles. The Morgan fingerprint density at radius 2 is 2.00 bits per heavy atom. The van der Waals surface area contributed by atoms with E-state index in [1.807, 2.05) is 41.9 Å². The van der Waals surface area contributed by atoms with E-state index in [1.165, 1.54) is 5.56 Å². The highest BCUT2D eigenvalue weighted by atomic mass is 16.1. The Kier molecular flexibility index (Phi) is 4.14. The highest BCUT2D eigenvalue weighted by Crippen LogP contribution is 2.15. The number of benzene rings is 2. The molecule has 1 aromatic heterocycles. The van der Waals surface area contributed by atoms with Crippen molar-refractivity contribution >= 4 is 16.9 Å². The molecule has 0 saturated carbocycles. The number of nitrogens with one attached hydrogen (secondary N) is 1. The van der Waals surface area contributed by atoms with Crippen molar-refractivity contribution in [2.75, 3.05) is 6.54 Å². The normalized spacial score (nSPS) is 10.8. The Labute approximate surface area is 129 Å². The summed E-state index contributed by atoms with van der Waals surface area (Å²) in [7, 11) is 0. The number of amides is 1. The monoisotopic (exact) mass is 294 g/mol. The van der Waals surface area contributed by atoms with Crippen molar-refractivity contribution in [3.8, 4) is 0 Å². The molecule has 0 aliphatic heterocycles. The fraction of sp³-hybridized carbons (Fsp3) is 0.235. The van der Waals surface area contributed by atoms with Crippen LogP contribution in [-0.2, 0) is 6.54 Å². The number of hydrogen-bond acceptors (Lipinski definition) is 3. The van der Waals surface area contributed by atoms with Gasteiger partial charge in [0.05, 0.1) is 12.1 Å². The second-order valence-electron chi connectivity index (χ2n) is 5.19. The molecule has 2 aromatic carbocycles. The Hall–Kier alpha value is -2.69. The molecule has 1 N–H and O–H groups in total. The van der Waals surface area contributed by atoms with Gasteiger partial charge in [-0.15, -0.1) is 5.10 Å². The van der Waals surface area contributed by atoms with Crippen molar-refractivity contribution in [2.45, 2.75) is 19.9 Å². The first-order valence-electron chi connectivity index (χ1n) is 7.43. The van der Waals surface area contributed by atoms with Gasteiger partial charge >= 0.3 is 0 Å². The van der Waals surface area contributed by atoms with Gasteiger partial charge in [-0.05, 0) is 30.2 Å². The summed E-state index contributed by atoms with van der Waals surface area (Å²) in [6.45, 7) is 3.37.